The van der Waals surface area contributed by atoms with E-state index in [1.165, 1.54) is 19.4 Å². The highest BCUT2D eigenvalue weighted by molar-refractivity contribution is 5.67. The smallest absolute Gasteiger partial charge is 0.302 e. The highest BCUT2D eigenvalue weighted by Crippen LogP contribution is 2.74. The van der Waals surface area contributed by atoms with Crippen LogP contribution in [0.3, 0.4) is 0 Å². The van der Waals surface area contributed by atoms with Crippen molar-refractivity contribution in [3.8, 4) is 0 Å². The van der Waals surface area contributed by atoms with Gasteiger partial charge in [-0.1, -0.05) is 46.3 Å². The summed E-state index contributed by atoms with van der Waals surface area (Å²) in [5.74, 6) is 0.492. The Morgan fingerprint density at radius 3 is 2.15 bits per heavy atom. The lowest BCUT2D eigenvalue weighted by molar-refractivity contribution is -0.227. The molecule has 7 heteroatoms. The highest BCUT2D eigenvalue weighted by atomic mass is 16.5. The number of hydrogen-bond donors (Lipinski definition) is 2. The van der Waals surface area contributed by atoms with Crippen molar-refractivity contribution < 1.29 is 34.0 Å². The minimum Gasteiger partial charge on any atom is -0.462 e. The molecule has 3 saturated carbocycles. The second-order valence-electron chi connectivity index (χ2n) is 16.0. The quantitative estimate of drug-likeness (QED) is 0.334. The number of aliphatic hydroxyl groups excluding tert-OH is 2. The van der Waals surface area contributed by atoms with E-state index in [1.54, 1.807) is 0 Å². The monoisotopic (exact) mass is 574 g/mol. The van der Waals surface area contributed by atoms with E-state index in [0.29, 0.717) is 18.9 Å². The largest absolute Gasteiger partial charge is 0.462 e. The van der Waals surface area contributed by atoms with E-state index in [9.17, 15) is 19.8 Å². The van der Waals surface area contributed by atoms with Gasteiger partial charge in [0, 0.05) is 24.7 Å². The van der Waals surface area contributed by atoms with Gasteiger partial charge in [0.25, 0.3) is 0 Å². The maximum atomic E-state index is 12.6. The summed E-state index contributed by atoms with van der Waals surface area (Å²) in [6.07, 6.45) is 6.34. The Hall–Kier alpha value is -1.44. The van der Waals surface area contributed by atoms with Crippen molar-refractivity contribution in [3.05, 3.63) is 11.6 Å². The molecule has 4 aliphatic carbocycles. The number of fused-ring (bicyclic) bond motifs is 5. The Morgan fingerprint density at radius 1 is 0.878 bits per heavy atom. The van der Waals surface area contributed by atoms with Crippen LogP contribution < -0.4 is 0 Å². The van der Waals surface area contributed by atoms with Gasteiger partial charge in [-0.15, -0.1) is 0 Å². The minimum atomic E-state index is -0.920. The normalized spacial score (nSPS) is 48.5. The first kappa shape index (κ1) is 31.0. The fraction of sp³-hybridized carbons (Fsp3) is 0.882. The van der Waals surface area contributed by atoms with Gasteiger partial charge in [-0.3, -0.25) is 9.59 Å². The predicted molar refractivity (Wildman–Crippen MR) is 156 cm³/mol. The topological polar surface area (TPSA) is 102 Å². The van der Waals surface area contributed by atoms with Gasteiger partial charge in [0.05, 0.1) is 18.3 Å². The molecule has 4 fully saturated rings. The number of aliphatic hydroxyl groups is 2. The molecule has 0 aromatic heterocycles. The van der Waals surface area contributed by atoms with Crippen molar-refractivity contribution in [1.82, 2.24) is 0 Å². The number of hydrogen-bond acceptors (Lipinski definition) is 7. The summed E-state index contributed by atoms with van der Waals surface area (Å²) >= 11 is 0. The van der Waals surface area contributed by atoms with Crippen molar-refractivity contribution in [2.24, 2.45) is 45.3 Å². The minimum absolute atomic E-state index is 0.0154. The molecule has 2 N–H and O–H groups in total. The molecule has 0 radical (unpaired) electrons. The number of allylic oxidation sites excluding steroid dienone is 1. The Kier molecular flexibility index (Phi) is 7.60. The molecule has 1 heterocycles. The molecule has 7 nitrogen and oxygen atoms in total. The van der Waals surface area contributed by atoms with Gasteiger partial charge in [-0.25, -0.2) is 0 Å². The van der Waals surface area contributed by atoms with Crippen LogP contribution in [0.2, 0.25) is 0 Å². The van der Waals surface area contributed by atoms with E-state index in [-0.39, 0.29) is 63.6 Å². The molecule has 1 saturated heterocycles. The molecular weight excluding hydrogens is 520 g/mol. The third-order valence-corrected chi connectivity index (χ3v) is 13.1. The average molecular weight is 575 g/mol. The van der Waals surface area contributed by atoms with Crippen molar-refractivity contribution in [3.63, 3.8) is 0 Å². The first-order valence-electron chi connectivity index (χ1n) is 15.9. The van der Waals surface area contributed by atoms with Crippen LogP contribution in [0.1, 0.15) is 107 Å². The number of carbonyl (C=O) groups excluding carboxylic acids is 2. The van der Waals surface area contributed by atoms with E-state index in [2.05, 4.69) is 40.7 Å². The summed E-state index contributed by atoms with van der Waals surface area (Å²) in [7, 11) is 0. The van der Waals surface area contributed by atoms with Gasteiger partial charge in [0.2, 0.25) is 0 Å². The lowest BCUT2D eigenvalue weighted by atomic mass is 9.37. The molecule has 41 heavy (non-hydrogen) atoms. The zero-order chi connectivity index (χ0) is 30.3. The van der Waals surface area contributed by atoms with Gasteiger partial charge < -0.3 is 24.4 Å². The standard InChI is InChI=1S/C34H54O7/c1-19(35)40-27-13-15-33(8)25-12-14-32(7)22(21-16-23(37)29(38)31(5,6)39-18-21)10-11-24(32)34(25,9)28(41-20(2)36)17-26(33)30(27,3)4/h11,21-23,25-29,37-38H,10,12-18H2,1-9H3/t21-,22-,23-,25-,26+,27-,28-,29+,32+,33-,34+/m1/s1. The summed E-state index contributed by atoms with van der Waals surface area (Å²) in [6, 6.07) is 0. The summed E-state index contributed by atoms with van der Waals surface area (Å²) in [6.45, 7) is 18.9. The fourth-order valence-electron chi connectivity index (χ4n) is 11.1. The van der Waals surface area contributed by atoms with E-state index < -0.39 is 17.8 Å². The lowest BCUT2D eigenvalue weighted by Gasteiger charge is -2.69. The molecular formula is C34H54O7. The second-order valence-corrected chi connectivity index (χ2v) is 16.0. The molecule has 5 aliphatic rings. The van der Waals surface area contributed by atoms with E-state index in [1.807, 2.05) is 13.8 Å². The summed E-state index contributed by atoms with van der Waals surface area (Å²) in [5.41, 5.74) is -0.0279. The maximum absolute atomic E-state index is 12.6. The Morgan fingerprint density at radius 2 is 1.51 bits per heavy atom. The molecule has 11 atom stereocenters. The molecule has 0 unspecified atom stereocenters. The molecule has 0 spiro atoms. The number of ether oxygens (including phenoxy) is 3. The van der Waals surface area contributed by atoms with Crippen LogP contribution >= 0.6 is 0 Å². The molecule has 5 rings (SSSR count). The zero-order valence-corrected chi connectivity index (χ0v) is 26.8. The number of rotatable bonds is 3. The molecule has 0 bridgehead atoms. The van der Waals surface area contributed by atoms with Gasteiger partial charge in [0.1, 0.15) is 18.3 Å². The SMILES string of the molecule is CC(=O)O[C@@H]1CC[C@]2(C)[C@H]3CC[C@]4(C)C(=CC[C@@H]4[C@H]4COC(C)(C)[C@@H](O)[C@H](O)C4)[C@]3(C)[C@H](OC(C)=O)C[C@H]2C1(C)C. The van der Waals surface area contributed by atoms with Crippen LogP contribution in [-0.2, 0) is 23.8 Å². The Labute approximate surface area is 246 Å². The van der Waals surface area contributed by atoms with Crippen LogP contribution in [0.4, 0.5) is 0 Å². The van der Waals surface area contributed by atoms with Gasteiger partial charge in [-0.05, 0) is 93.3 Å². The molecule has 0 aromatic rings. The summed E-state index contributed by atoms with van der Waals surface area (Å²) in [5, 5.41) is 21.7. The van der Waals surface area contributed by atoms with Crippen LogP contribution in [0, 0.1) is 45.3 Å². The Bertz CT molecular complexity index is 1090. The summed E-state index contributed by atoms with van der Waals surface area (Å²) < 4.78 is 18.4. The molecule has 0 amide bonds. The fourth-order valence-corrected chi connectivity index (χ4v) is 11.1. The molecule has 0 aromatic carbocycles. The van der Waals surface area contributed by atoms with Gasteiger partial charge in [0.15, 0.2) is 0 Å². The van der Waals surface area contributed by atoms with Crippen LogP contribution in [0.25, 0.3) is 0 Å². The summed E-state index contributed by atoms with van der Waals surface area (Å²) in [4.78, 5) is 24.6. The van der Waals surface area contributed by atoms with Crippen LogP contribution in [0.15, 0.2) is 11.6 Å². The van der Waals surface area contributed by atoms with E-state index >= 15 is 0 Å². The molecule has 232 valence electrons. The third-order valence-electron chi connectivity index (χ3n) is 13.1. The lowest BCUT2D eigenvalue weighted by Crippen LogP contribution is -2.66. The third kappa shape index (κ3) is 4.63. The second kappa shape index (κ2) is 10.1. The first-order chi connectivity index (χ1) is 18.9. The highest BCUT2D eigenvalue weighted by Gasteiger charge is 2.69. The van der Waals surface area contributed by atoms with Crippen molar-refractivity contribution in [2.45, 2.75) is 137 Å². The van der Waals surface area contributed by atoms with E-state index in [4.69, 9.17) is 14.2 Å². The van der Waals surface area contributed by atoms with Gasteiger partial charge >= 0.3 is 11.9 Å². The van der Waals surface area contributed by atoms with Crippen LogP contribution in [0.5, 0.6) is 0 Å². The Balaban J connectivity index is 1.51. The van der Waals surface area contributed by atoms with Crippen LogP contribution in [-0.4, -0.2) is 58.8 Å². The van der Waals surface area contributed by atoms with Crippen molar-refractivity contribution in [1.29, 1.82) is 0 Å². The van der Waals surface area contributed by atoms with Crippen molar-refractivity contribution in [2.75, 3.05) is 6.61 Å². The molecule has 1 aliphatic heterocycles. The number of carbonyl (C=O) groups is 2. The van der Waals surface area contributed by atoms with E-state index in [0.717, 1.165) is 38.5 Å². The zero-order valence-electron chi connectivity index (χ0n) is 26.8. The number of esters is 2. The average Bonchev–Trinajstić information content (AvgIpc) is 3.17. The van der Waals surface area contributed by atoms with Crippen molar-refractivity contribution >= 4 is 11.9 Å². The first-order valence-corrected chi connectivity index (χ1v) is 15.9. The maximum Gasteiger partial charge on any atom is 0.302 e. The van der Waals surface area contributed by atoms with Gasteiger partial charge in [-0.2, -0.15) is 0 Å². The predicted octanol–water partition coefficient (Wildman–Crippen LogP) is 5.60.